The Morgan fingerprint density at radius 3 is 1.25 bits per heavy atom. The van der Waals surface area contributed by atoms with E-state index >= 15 is 0 Å². The maximum absolute atomic E-state index is 4.25. The fourth-order valence-corrected chi connectivity index (χ4v) is 0. The summed E-state index contributed by atoms with van der Waals surface area (Å²) in [7, 11) is 0. The molecule has 0 aromatic carbocycles. The smallest absolute Gasteiger partial charge is 0 e. The van der Waals surface area contributed by atoms with Crippen molar-refractivity contribution < 1.29 is 22.5 Å². The standard InChI is InChI=1S/C2H3.Fe.H2O/c1-2;;/h1H,2H2;;1H2/q-1;;. The predicted octanol–water partition coefficient (Wildman–Crippen LogP) is -0.222. The van der Waals surface area contributed by atoms with E-state index in [-0.39, 0.29) is 22.5 Å². The van der Waals surface area contributed by atoms with E-state index < -0.39 is 0 Å². The SMILES string of the molecule is O.[CH-]=C.[Fe]. The molecule has 0 aromatic heterocycles. The summed E-state index contributed by atoms with van der Waals surface area (Å²) in [6, 6.07) is 0. The first-order chi connectivity index (χ1) is 1.00. The summed E-state index contributed by atoms with van der Waals surface area (Å²) in [6.07, 6.45) is 0. The Hall–Kier alpha value is 0.219. The van der Waals surface area contributed by atoms with Crippen LogP contribution in [0.2, 0.25) is 0 Å². The molecule has 2 heteroatoms. The zero-order valence-electron chi connectivity index (χ0n) is 2.14. The largest absolute Gasteiger partial charge is 0.521 e. The van der Waals surface area contributed by atoms with Gasteiger partial charge in [-0.05, 0) is 0 Å². The molecule has 0 saturated carbocycles. The van der Waals surface area contributed by atoms with Crippen LogP contribution in [0.5, 0.6) is 0 Å². The van der Waals surface area contributed by atoms with Gasteiger partial charge in [0.25, 0.3) is 0 Å². The second-order valence-electron chi connectivity index (χ2n) is 0. The van der Waals surface area contributed by atoms with E-state index in [9.17, 15) is 0 Å². The van der Waals surface area contributed by atoms with Crippen molar-refractivity contribution >= 4 is 0 Å². The second-order valence-corrected chi connectivity index (χ2v) is 0. The zero-order chi connectivity index (χ0) is 2.00. The molecule has 0 spiro atoms. The van der Waals surface area contributed by atoms with Crippen molar-refractivity contribution in [2.45, 2.75) is 0 Å². The Bertz CT molecular complexity index is 6.00. The van der Waals surface area contributed by atoms with Crippen molar-refractivity contribution in [2.75, 3.05) is 0 Å². The van der Waals surface area contributed by atoms with Gasteiger partial charge in [-0.1, -0.05) is 0 Å². The molecule has 0 heterocycles. The molecule has 0 unspecified atom stereocenters. The van der Waals surface area contributed by atoms with Gasteiger partial charge in [0.15, 0.2) is 0 Å². The first-order valence-corrected chi connectivity index (χ1v) is 0.408. The fourth-order valence-electron chi connectivity index (χ4n) is 0. The molecule has 0 rings (SSSR count). The first kappa shape index (κ1) is 29.4. The molecular weight excluding hydrogens is 95.9 g/mol. The van der Waals surface area contributed by atoms with Crippen LogP contribution in [-0.4, -0.2) is 5.48 Å². The van der Waals surface area contributed by atoms with Crippen LogP contribution in [0.1, 0.15) is 0 Å². The summed E-state index contributed by atoms with van der Waals surface area (Å²) in [5.74, 6) is 0. The summed E-state index contributed by atoms with van der Waals surface area (Å²) < 4.78 is 0. The van der Waals surface area contributed by atoms with E-state index in [0.29, 0.717) is 0 Å². The average molecular weight is 101 g/mol. The summed E-state index contributed by atoms with van der Waals surface area (Å²) in [4.78, 5) is 0. The number of hydrogen-bond donors (Lipinski definition) is 0. The first-order valence-electron chi connectivity index (χ1n) is 0.408. The van der Waals surface area contributed by atoms with Gasteiger partial charge in [0.05, 0.1) is 0 Å². The van der Waals surface area contributed by atoms with E-state index in [1.807, 2.05) is 0 Å². The van der Waals surface area contributed by atoms with E-state index in [2.05, 4.69) is 13.2 Å². The number of hydrogen-bond acceptors (Lipinski definition) is 0. The van der Waals surface area contributed by atoms with E-state index in [1.165, 1.54) is 0 Å². The molecule has 0 aliphatic heterocycles. The summed E-state index contributed by atoms with van der Waals surface area (Å²) >= 11 is 0. The molecule has 0 fully saturated rings. The Kier molecular flexibility index (Phi) is 2420. The minimum absolute atomic E-state index is 0. The van der Waals surface area contributed by atoms with Gasteiger partial charge in [0, 0.05) is 17.1 Å². The van der Waals surface area contributed by atoms with Crippen molar-refractivity contribution in [1.29, 1.82) is 0 Å². The van der Waals surface area contributed by atoms with Crippen LogP contribution in [-0.2, 0) is 17.1 Å². The van der Waals surface area contributed by atoms with Gasteiger partial charge in [0.1, 0.15) is 0 Å². The topological polar surface area (TPSA) is 31.5 Å². The molecule has 0 aliphatic carbocycles. The Balaban J connectivity index is -0.00000000500. The van der Waals surface area contributed by atoms with Crippen LogP contribution >= 0.6 is 0 Å². The van der Waals surface area contributed by atoms with Crippen LogP contribution in [0.25, 0.3) is 0 Å². The van der Waals surface area contributed by atoms with Gasteiger partial charge in [0.2, 0.25) is 0 Å². The molecule has 0 saturated heterocycles. The van der Waals surface area contributed by atoms with Crippen LogP contribution in [0.3, 0.4) is 0 Å². The molecule has 28 valence electrons. The normalized spacial score (nSPS) is 1.00. The van der Waals surface area contributed by atoms with Crippen LogP contribution in [0.4, 0.5) is 0 Å². The van der Waals surface area contributed by atoms with Crippen LogP contribution < -0.4 is 0 Å². The quantitative estimate of drug-likeness (QED) is 0.298. The van der Waals surface area contributed by atoms with Crippen molar-refractivity contribution in [1.82, 2.24) is 0 Å². The molecule has 1 nitrogen and oxygen atoms in total. The summed E-state index contributed by atoms with van der Waals surface area (Å²) in [6.45, 7) is 7.00. The molecular formula is C2H5FeO-. The van der Waals surface area contributed by atoms with Gasteiger partial charge in [-0.15, -0.1) is 0 Å². The van der Waals surface area contributed by atoms with Gasteiger partial charge in [-0.2, -0.15) is 0 Å². The van der Waals surface area contributed by atoms with Gasteiger partial charge >= 0.3 is 0 Å². The minimum Gasteiger partial charge on any atom is -0.521 e. The van der Waals surface area contributed by atoms with E-state index in [1.54, 1.807) is 0 Å². The van der Waals surface area contributed by atoms with Crippen LogP contribution in [0.15, 0.2) is 6.58 Å². The molecule has 0 aromatic rings. The maximum atomic E-state index is 4.25. The maximum Gasteiger partial charge on any atom is 0 e. The van der Waals surface area contributed by atoms with Crippen LogP contribution in [0, 0.1) is 6.58 Å². The zero-order valence-corrected chi connectivity index (χ0v) is 3.24. The predicted molar refractivity (Wildman–Crippen MR) is 13.5 cm³/mol. The molecule has 0 radical (unpaired) electrons. The summed E-state index contributed by atoms with van der Waals surface area (Å²) in [5, 5.41) is 0. The molecule has 0 bridgehead atoms. The minimum atomic E-state index is 0. The Morgan fingerprint density at radius 1 is 1.25 bits per heavy atom. The average Bonchev–Trinajstić information content (AvgIpc) is 1.00. The van der Waals surface area contributed by atoms with Gasteiger partial charge < -0.3 is 12.1 Å². The van der Waals surface area contributed by atoms with Crippen molar-refractivity contribution in [3.05, 3.63) is 13.2 Å². The fraction of sp³-hybridized carbons (Fsp3) is 0. The number of rotatable bonds is 0. The molecule has 2 N–H and O–H groups in total. The third-order valence-electron chi connectivity index (χ3n) is 0. The van der Waals surface area contributed by atoms with Crippen molar-refractivity contribution in [2.24, 2.45) is 0 Å². The third-order valence-corrected chi connectivity index (χ3v) is 0. The van der Waals surface area contributed by atoms with Gasteiger partial charge in [-0.3, -0.25) is 6.58 Å². The molecule has 0 aliphatic rings. The second kappa shape index (κ2) is 329. The third kappa shape index (κ3) is 68.5. The Morgan fingerprint density at radius 2 is 1.25 bits per heavy atom. The van der Waals surface area contributed by atoms with E-state index in [4.69, 9.17) is 0 Å². The van der Waals surface area contributed by atoms with Crippen molar-refractivity contribution in [3.63, 3.8) is 0 Å². The van der Waals surface area contributed by atoms with Gasteiger partial charge in [-0.25, -0.2) is 0 Å². The molecule has 0 amide bonds. The Labute approximate surface area is 36.5 Å². The molecule has 0 atom stereocenters. The molecule has 4 heavy (non-hydrogen) atoms. The monoisotopic (exact) mass is 101 g/mol. The van der Waals surface area contributed by atoms with Crippen molar-refractivity contribution in [3.8, 4) is 0 Å². The summed E-state index contributed by atoms with van der Waals surface area (Å²) in [5.41, 5.74) is 0. The van der Waals surface area contributed by atoms with E-state index in [0.717, 1.165) is 0 Å².